The lowest BCUT2D eigenvalue weighted by Gasteiger charge is -2.15. The van der Waals surface area contributed by atoms with E-state index in [1.165, 1.54) is 54.4 Å². The summed E-state index contributed by atoms with van der Waals surface area (Å²) in [5, 5.41) is 12.0. The molecule has 4 aromatic heterocycles. The highest BCUT2D eigenvalue weighted by molar-refractivity contribution is 6.29. The zero-order valence-electron chi connectivity index (χ0n) is 33.9. The van der Waals surface area contributed by atoms with Gasteiger partial charge in [0.05, 0.1) is 55.5 Å². The van der Waals surface area contributed by atoms with Gasteiger partial charge in [0.25, 0.3) is 0 Å². The van der Waals surface area contributed by atoms with E-state index in [1.54, 1.807) is 0 Å². The molecule has 10 aromatic carbocycles. The Morgan fingerprint density at radius 1 is 0.270 bits per heavy atom. The van der Waals surface area contributed by atoms with E-state index in [2.05, 4.69) is 214 Å². The molecule has 0 amide bonds. The SMILES string of the molecule is c1ccc2c(-c3nc4ccccc4nc3-n3c4ccccc4c4c(-n5c6ccccc6c6c7c8ccccc8n(-c8cccc9ccccc89)c7ccc65)cccc43)cccc2c1. The Labute approximate surface area is 360 Å². The second-order valence-electron chi connectivity index (χ2n) is 16.5. The third-order valence-corrected chi connectivity index (χ3v) is 13.2. The Hall–Kier alpha value is -8.54. The topological polar surface area (TPSA) is 40.6 Å². The predicted octanol–water partition coefficient (Wildman–Crippen LogP) is 14.9. The molecule has 0 saturated heterocycles. The molecule has 292 valence electrons. The summed E-state index contributed by atoms with van der Waals surface area (Å²) in [6.45, 7) is 0. The molecule has 14 aromatic rings. The molecule has 0 fully saturated rings. The minimum Gasteiger partial charge on any atom is -0.309 e. The van der Waals surface area contributed by atoms with Crippen LogP contribution in [0.3, 0.4) is 0 Å². The zero-order valence-corrected chi connectivity index (χ0v) is 33.9. The van der Waals surface area contributed by atoms with Gasteiger partial charge in [-0.3, -0.25) is 4.57 Å². The van der Waals surface area contributed by atoms with Crippen molar-refractivity contribution in [1.29, 1.82) is 0 Å². The van der Waals surface area contributed by atoms with Gasteiger partial charge < -0.3 is 9.13 Å². The van der Waals surface area contributed by atoms with Crippen LogP contribution in [0, 0.1) is 0 Å². The third-order valence-electron chi connectivity index (χ3n) is 13.2. The second-order valence-corrected chi connectivity index (χ2v) is 16.5. The van der Waals surface area contributed by atoms with Gasteiger partial charge in [0.15, 0.2) is 5.82 Å². The van der Waals surface area contributed by atoms with Crippen molar-refractivity contribution in [3.8, 4) is 28.5 Å². The van der Waals surface area contributed by atoms with Crippen LogP contribution in [0.4, 0.5) is 0 Å². The van der Waals surface area contributed by atoms with E-state index in [-0.39, 0.29) is 0 Å². The maximum Gasteiger partial charge on any atom is 0.165 e. The summed E-state index contributed by atoms with van der Waals surface area (Å²) in [5.74, 6) is 0.804. The Bertz CT molecular complexity index is 4210. The normalized spacial score (nSPS) is 12.1. The Morgan fingerprint density at radius 2 is 0.698 bits per heavy atom. The number of hydrogen-bond donors (Lipinski definition) is 0. The summed E-state index contributed by atoms with van der Waals surface area (Å²) in [4.78, 5) is 10.9. The molecule has 0 saturated carbocycles. The first kappa shape index (κ1) is 34.2. The summed E-state index contributed by atoms with van der Waals surface area (Å²) < 4.78 is 7.30. The smallest absolute Gasteiger partial charge is 0.165 e. The van der Waals surface area contributed by atoms with Crippen molar-refractivity contribution in [2.45, 2.75) is 0 Å². The van der Waals surface area contributed by atoms with Crippen molar-refractivity contribution >= 4 is 98.0 Å². The molecule has 0 N–H and O–H groups in total. The van der Waals surface area contributed by atoms with Crippen molar-refractivity contribution in [2.75, 3.05) is 0 Å². The fraction of sp³-hybridized carbons (Fsp3) is 0. The molecule has 0 aliphatic heterocycles. The molecule has 63 heavy (non-hydrogen) atoms. The van der Waals surface area contributed by atoms with Gasteiger partial charge in [0.1, 0.15) is 5.69 Å². The summed E-state index contributed by atoms with van der Waals surface area (Å²) in [6, 6.07) is 76.5. The molecular formula is C58H35N5. The Kier molecular flexibility index (Phi) is 7.05. The summed E-state index contributed by atoms with van der Waals surface area (Å²) in [5.41, 5.74) is 12.8. The maximum atomic E-state index is 5.49. The van der Waals surface area contributed by atoms with Crippen LogP contribution in [-0.2, 0) is 0 Å². The molecule has 5 nitrogen and oxygen atoms in total. The molecule has 0 aliphatic rings. The average Bonchev–Trinajstić information content (AvgIpc) is 3.99. The molecule has 0 unspecified atom stereocenters. The van der Waals surface area contributed by atoms with Gasteiger partial charge in [-0.15, -0.1) is 0 Å². The van der Waals surface area contributed by atoms with Crippen LogP contribution < -0.4 is 0 Å². The molecular weight excluding hydrogens is 767 g/mol. The molecule has 0 aliphatic carbocycles. The van der Waals surface area contributed by atoms with Crippen molar-refractivity contribution in [1.82, 2.24) is 23.7 Å². The van der Waals surface area contributed by atoms with Crippen LogP contribution in [-0.4, -0.2) is 23.7 Å². The lowest BCUT2D eigenvalue weighted by molar-refractivity contribution is 1.08. The van der Waals surface area contributed by atoms with E-state index in [4.69, 9.17) is 9.97 Å². The number of aromatic nitrogens is 5. The van der Waals surface area contributed by atoms with E-state index < -0.39 is 0 Å². The highest BCUT2D eigenvalue weighted by Gasteiger charge is 2.25. The number of nitrogens with zero attached hydrogens (tertiary/aromatic N) is 5. The van der Waals surface area contributed by atoms with Crippen LogP contribution in [0.1, 0.15) is 0 Å². The summed E-state index contributed by atoms with van der Waals surface area (Å²) >= 11 is 0. The van der Waals surface area contributed by atoms with E-state index >= 15 is 0 Å². The first-order chi connectivity index (χ1) is 31.3. The molecule has 0 atom stereocenters. The van der Waals surface area contributed by atoms with Crippen molar-refractivity contribution in [3.63, 3.8) is 0 Å². The summed E-state index contributed by atoms with van der Waals surface area (Å²) in [6.07, 6.45) is 0. The van der Waals surface area contributed by atoms with Crippen LogP contribution in [0.5, 0.6) is 0 Å². The summed E-state index contributed by atoms with van der Waals surface area (Å²) in [7, 11) is 0. The number of hydrogen-bond acceptors (Lipinski definition) is 2. The highest BCUT2D eigenvalue weighted by Crippen LogP contribution is 2.46. The minimum atomic E-state index is 0.804. The first-order valence-corrected chi connectivity index (χ1v) is 21.5. The largest absolute Gasteiger partial charge is 0.309 e. The molecule has 5 heteroatoms. The van der Waals surface area contributed by atoms with Gasteiger partial charge in [0, 0.05) is 43.3 Å². The van der Waals surface area contributed by atoms with Crippen LogP contribution in [0.25, 0.3) is 126 Å². The van der Waals surface area contributed by atoms with Gasteiger partial charge in [0.2, 0.25) is 0 Å². The minimum absolute atomic E-state index is 0.804. The van der Waals surface area contributed by atoms with Gasteiger partial charge in [-0.1, -0.05) is 152 Å². The Morgan fingerprint density at radius 3 is 1.38 bits per heavy atom. The van der Waals surface area contributed by atoms with Gasteiger partial charge in [-0.05, 0) is 76.8 Å². The van der Waals surface area contributed by atoms with Crippen LogP contribution >= 0.6 is 0 Å². The Balaban J connectivity index is 1.10. The van der Waals surface area contributed by atoms with Gasteiger partial charge >= 0.3 is 0 Å². The van der Waals surface area contributed by atoms with Crippen molar-refractivity contribution in [2.24, 2.45) is 0 Å². The van der Waals surface area contributed by atoms with E-state index in [0.717, 1.165) is 72.0 Å². The monoisotopic (exact) mass is 801 g/mol. The number of fused-ring (bicyclic) bond motifs is 13. The number of para-hydroxylation sites is 5. The lowest BCUT2D eigenvalue weighted by atomic mass is 10.0. The maximum absolute atomic E-state index is 5.49. The predicted molar refractivity (Wildman–Crippen MR) is 263 cm³/mol. The third kappa shape index (κ3) is 4.76. The van der Waals surface area contributed by atoms with E-state index in [0.29, 0.717) is 0 Å². The average molecular weight is 802 g/mol. The molecule has 14 rings (SSSR count). The van der Waals surface area contributed by atoms with E-state index in [1.807, 2.05) is 12.1 Å². The number of rotatable bonds is 4. The fourth-order valence-corrected chi connectivity index (χ4v) is 10.6. The van der Waals surface area contributed by atoms with Crippen LogP contribution in [0.15, 0.2) is 212 Å². The number of benzene rings is 10. The molecule has 0 spiro atoms. The van der Waals surface area contributed by atoms with Gasteiger partial charge in [-0.2, -0.15) is 0 Å². The quantitative estimate of drug-likeness (QED) is 0.178. The lowest BCUT2D eigenvalue weighted by Crippen LogP contribution is -2.04. The molecule has 0 radical (unpaired) electrons. The van der Waals surface area contributed by atoms with Gasteiger partial charge in [-0.25, -0.2) is 9.97 Å². The zero-order chi connectivity index (χ0) is 41.2. The fourth-order valence-electron chi connectivity index (χ4n) is 10.6. The van der Waals surface area contributed by atoms with E-state index in [9.17, 15) is 0 Å². The van der Waals surface area contributed by atoms with Crippen molar-refractivity contribution < 1.29 is 0 Å². The highest BCUT2D eigenvalue weighted by atomic mass is 15.1. The second kappa shape index (κ2) is 13.0. The standard InChI is InChI=1S/C58H35N5/c1-3-20-38-36(16-1)18-13-25-40(38)57-58(60-45-27-9-8-26-44(45)59-57)63-49-30-12-5-22-41(49)54-50(32-15-33-51(54)63)62-48-29-11-7-24-43(48)56-53(62)35-34-52-55(56)42-23-6-10-28-47(42)61(52)46-31-14-19-37-17-2-4-21-39(37)46/h1-35H. The van der Waals surface area contributed by atoms with Crippen LogP contribution in [0.2, 0.25) is 0 Å². The van der Waals surface area contributed by atoms with Crippen molar-refractivity contribution in [3.05, 3.63) is 212 Å². The molecule has 4 heterocycles. The first-order valence-electron chi connectivity index (χ1n) is 21.5. The molecule has 0 bridgehead atoms.